The number of ether oxygens (including phenoxy) is 1. The molecule has 7 heteroatoms. The first-order valence-corrected chi connectivity index (χ1v) is 8.98. The summed E-state index contributed by atoms with van der Waals surface area (Å²) in [5, 5.41) is 0. The number of benzene rings is 2. The monoisotopic (exact) mass is 378 g/mol. The third kappa shape index (κ3) is 4.62. The molecule has 2 aromatic carbocycles. The van der Waals surface area contributed by atoms with Gasteiger partial charge in [-0.3, -0.25) is 25.4 Å². The highest BCUT2D eigenvalue weighted by Crippen LogP contribution is 2.27. The molecule has 0 bridgehead atoms. The molecule has 0 spiro atoms. The van der Waals surface area contributed by atoms with E-state index < -0.39 is 11.8 Å². The molecule has 0 aliphatic heterocycles. The van der Waals surface area contributed by atoms with Crippen LogP contribution in [0.1, 0.15) is 41.4 Å². The van der Waals surface area contributed by atoms with Crippen molar-refractivity contribution in [2.45, 2.75) is 26.7 Å². The predicted octanol–water partition coefficient (Wildman–Crippen LogP) is 2.90. The minimum atomic E-state index is -0.551. The Labute approximate surface area is 163 Å². The van der Waals surface area contributed by atoms with E-state index in [9.17, 15) is 9.59 Å². The molecule has 144 valence electrons. The van der Waals surface area contributed by atoms with Crippen molar-refractivity contribution in [2.75, 3.05) is 6.61 Å². The maximum absolute atomic E-state index is 12.2. The van der Waals surface area contributed by atoms with Gasteiger partial charge in [0, 0.05) is 0 Å². The molecule has 3 rings (SSSR count). The molecule has 0 saturated heterocycles. The maximum Gasteiger partial charge on any atom is 0.289 e. The number of aromatic nitrogens is 2. The summed E-state index contributed by atoms with van der Waals surface area (Å²) >= 11 is 0. The lowest BCUT2D eigenvalue weighted by molar-refractivity contribution is -0.123. The summed E-state index contributed by atoms with van der Waals surface area (Å²) in [5.74, 6) is -0.0925. The number of nitrogens with one attached hydrogen (secondary N) is 2. The van der Waals surface area contributed by atoms with E-state index in [-0.39, 0.29) is 18.2 Å². The van der Waals surface area contributed by atoms with Crippen molar-refractivity contribution in [1.82, 2.24) is 20.8 Å². The van der Waals surface area contributed by atoms with E-state index >= 15 is 0 Å². The second-order valence-corrected chi connectivity index (χ2v) is 6.73. The zero-order valence-electron chi connectivity index (χ0n) is 16.0. The molecular formula is C21H22N4O3. The average Bonchev–Trinajstić information content (AvgIpc) is 2.69. The van der Waals surface area contributed by atoms with E-state index in [0.717, 1.165) is 11.1 Å². The van der Waals surface area contributed by atoms with E-state index in [1.165, 1.54) is 6.20 Å². The number of fused-ring (bicyclic) bond motifs is 1. The number of hydrazine groups is 1. The SMILES string of the molecule is Cc1ccc(C(C)C)c(OCC(=O)NNC(=O)c2cnc3ccccc3n2)c1. The van der Waals surface area contributed by atoms with Crippen LogP contribution in [0.5, 0.6) is 5.75 Å². The normalized spacial score (nSPS) is 10.7. The number of amides is 2. The van der Waals surface area contributed by atoms with Crippen molar-refractivity contribution in [3.63, 3.8) is 0 Å². The molecule has 0 aliphatic carbocycles. The van der Waals surface area contributed by atoms with Crippen LogP contribution in [-0.2, 0) is 4.79 Å². The number of rotatable bonds is 5. The molecule has 3 aromatic rings. The van der Waals surface area contributed by atoms with Crippen LogP contribution < -0.4 is 15.6 Å². The van der Waals surface area contributed by atoms with Crippen LogP contribution in [0.15, 0.2) is 48.7 Å². The Morgan fingerprint density at radius 3 is 2.57 bits per heavy atom. The third-order valence-corrected chi connectivity index (χ3v) is 4.15. The van der Waals surface area contributed by atoms with Gasteiger partial charge in [-0.15, -0.1) is 0 Å². The van der Waals surface area contributed by atoms with Gasteiger partial charge < -0.3 is 4.74 Å². The number of para-hydroxylation sites is 2. The molecule has 0 aliphatic rings. The number of carbonyl (C=O) groups is 2. The van der Waals surface area contributed by atoms with E-state index in [1.54, 1.807) is 12.1 Å². The highest BCUT2D eigenvalue weighted by molar-refractivity contribution is 5.95. The summed E-state index contributed by atoms with van der Waals surface area (Å²) in [4.78, 5) is 32.6. The van der Waals surface area contributed by atoms with Gasteiger partial charge in [0.25, 0.3) is 11.8 Å². The largest absolute Gasteiger partial charge is 0.483 e. The first-order valence-electron chi connectivity index (χ1n) is 8.98. The smallest absolute Gasteiger partial charge is 0.289 e. The standard InChI is InChI=1S/C21H22N4O3/c1-13(2)15-9-8-14(3)10-19(15)28-12-20(26)24-25-21(27)18-11-22-16-6-4-5-7-17(16)23-18/h4-11,13H,12H2,1-3H3,(H,24,26)(H,25,27). The van der Waals surface area contributed by atoms with Crippen molar-refractivity contribution in [1.29, 1.82) is 0 Å². The Morgan fingerprint density at radius 1 is 1.07 bits per heavy atom. The fourth-order valence-corrected chi connectivity index (χ4v) is 2.68. The number of aryl methyl sites for hydroxylation is 1. The summed E-state index contributed by atoms with van der Waals surface area (Å²) in [6.07, 6.45) is 1.36. The maximum atomic E-state index is 12.2. The average molecular weight is 378 g/mol. The fourth-order valence-electron chi connectivity index (χ4n) is 2.68. The second-order valence-electron chi connectivity index (χ2n) is 6.73. The molecule has 7 nitrogen and oxygen atoms in total. The van der Waals surface area contributed by atoms with Gasteiger partial charge in [0.05, 0.1) is 17.2 Å². The lowest BCUT2D eigenvalue weighted by atomic mass is 10.0. The van der Waals surface area contributed by atoms with Gasteiger partial charge in [-0.2, -0.15) is 0 Å². The second kappa shape index (κ2) is 8.47. The van der Waals surface area contributed by atoms with Gasteiger partial charge in [0.15, 0.2) is 6.61 Å². The summed E-state index contributed by atoms with van der Waals surface area (Å²) in [7, 11) is 0. The molecular weight excluding hydrogens is 356 g/mol. The quantitative estimate of drug-likeness (QED) is 0.666. The van der Waals surface area contributed by atoms with Crippen molar-refractivity contribution in [3.8, 4) is 5.75 Å². The Morgan fingerprint density at radius 2 is 1.82 bits per heavy atom. The topological polar surface area (TPSA) is 93.2 Å². The Balaban J connectivity index is 1.57. The zero-order valence-corrected chi connectivity index (χ0v) is 16.0. The third-order valence-electron chi connectivity index (χ3n) is 4.15. The first kappa shape index (κ1) is 19.3. The molecule has 0 unspecified atom stereocenters. The minimum absolute atomic E-state index is 0.112. The first-order chi connectivity index (χ1) is 13.4. The molecule has 0 radical (unpaired) electrons. The van der Waals surface area contributed by atoms with Crippen LogP contribution in [0.3, 0.4) is 0 Å². The summed E-state index contributed by atoms with van der Waals surface area (Å²) in [6.45, 7) is 5.86. The molecule has 0 atom stereocenters. The highest BCUT2D eigenvalue weighted by Gasteiger charge is 2.13. The predicted molar refractivity (Wildman–Crippen MR) is 106 cm³/mol. The van der Waals surface area contributed by atoms with Gasteiger partial charge in [0.1, 0.15) is 11.4 Å². The molecule has 2 N–H and O–H groups in total. The van der Waals surface area contributed by atoms with Crippen LogP contribution >= 0.6 is 0 Å². The van der Waals surface area contributed by atoms with Crippen molar-refractivity contribution in [3.05, 3.63) is 65.5 Å². The molecule has 1 heterocycles. The fraction of sp³-hybridized carbons (Fsp3) is 0.238. The van der Waals surface area contributed by atoms with E-state index in [2.05, 4.69) is 34.7 Å². The number of hydrogen-bond acceptors (Lipinski definition) is 5. The van der Waals surface area contributed by atoms with Crippen molar-refractivity contribution in [2.24, 2.45) is 0 Å². The lowest BCUT2D eigenvalue weighted by Gasteiger charge is -2.15. The van der Waals surface area contributed by atoms with E-state index in [4.69, 9.17) is 4.74 Å². The molecule has 0 fully saturated rings. The van der Waals surface area contributed by atoms with E-state index in [0.29, 0.717) is 16.8 Å². The van der Waals surface area contributed by atoms with Crippen molar-refractivity contribution < 1.29 is 14.3 Å². The molecule has 2 amide bonds. The lowest BCUT2D eigenvalue weighted by Crippen LogP contribution is -2.44. The Kier molecular flexibility index (Phi) is 5.84. The van der Waals surface area contributed by atoms with Gasteiger partial charge in [-0.25, -0.2) is 4.98 Å². The van der Waals surface area contributed by atoms with E-state index in [1.807, 2.05) is 37.3 Å². The highest BCUT2D eigenvalue weighted by atomic mass is 16.5. The van der Waals surface area contributed by atoms with Gasteiger partial charge in [-0.1, -0.05) is 38.1 Å². The van der Waals surface area contributed by atoms with Crippen LogP contribution in [-0.4, -0.2) is 28.4 Å². The summed E-state index contributed by atoms with van der Waals surface area (Å²) in [6, 6.07) is 13.1. The van der Waals surface area contributed by atoms with Crippen LogP contribution in [0, 0.1) is 6.92 Å². The summed E-state index contributed by atoms with van der Waals surface area (Å²) < 4.78 is 5.65. The number of hydrogen-bond donors (Lipinski definition) is 2. The van der Waals surface area contributed by atoms with Gasteiger partial charge in [0.2, 0.25) is 0 Å². The number of carbonyl (C=O) groups excluding carboxylic acids is 2. The van der Waals surface area contributed by atoms with Crippen LogP contribution in [0.4, 0.5) is 0 Å². The van der Waals surface area contributed by atoms with Crippen molar-refractivity contribution >= 4 is 22.8 Å². The van der Waals surface area contributed by atoms with Crippen LogP contribution in [0.25, 0.3) is 11.0 Å². The zero-order chi connectivity index (χ0) is 20.1. The Hall–Kier alpha value is -3.48. The van der Waals surface area contributed by atoms with Gasteiger partial charge >= 0.3 is 0 Å². The van der Waals surface area contributed by atoms with Gasteiger partial charge in [-0.05, 0) is 42.2 Å². The summed E-state index contributed by atoms with van der Waals surface area (Å²) in [5.41, 5.74) is 8.13. The number of nitrogens with zero attached hydrogens (tertiary/aromatic N) is 2. The minimum Gasteiger partial charge on any atom is -0.483 e. The Bertz CT molecular complexity index is 1020. The molecule has 28 heavy (non-hydrogen) atoms. The molecule has 1 aromatic heterocycles. The van der Waals surface area contributed by atoms with Crippen LogP contribution in [0.2, 0.25) is 0 Å². The molecule has 0 saturated carbocycles.